The van der Waals surface area contributed by atoms with Crippen molar-refractivity contribution < 1.29 is 9.13 Å². The van der Waals surface area contributed by atoms with Crippen molar-refractivity contribution in [3.8, 4) is 10.9 Å². The molecule has 0 saturated heterocycles. The molecular weight excluding hydrogens is 217 g/mol. The van der Waals surface area contributed by atoms with Crippen LogP contribution in [0.4, 0.5) is 10.1 Å². The molecule has 0 unspecified atom stereocenters. The molecule has 15 heavy (non-hydrogen) atoms. The van der Waals surface area contributed by atoms with Crippen LogP contribution >= 0.6 is 11.5 Å². The van der Waals surface area contributed by atoms with Crippen LogP contribution in [0.15, 0.2) is 18.2 Å². The predicted molar refractivity (Wildman–Crippen MR) is 55.5 cm³/mol. The maximum atomic E-state index is 13.0. The Morgan fingerprint density at radius 3 is 2.87 bits per heavy atom. The number of hydrogen-bond donors (Lipinski definition) is 1. The second kappa shape index (κ2) is 3.82. The number of nitrogens with two attached hydrogens (primary N) is 1. The minimum absolute atomic E-state index is 0.0933. The molecule has 2 rings (SSSR count). The summed E-state index contributed by atoms with van der Waals surface area (Å²) in [6.45, 7) is 1.76. The number of aromatic nitrogens is 2. The molecule has 0 aliphatic carbocycles. The number of nitrogens with zero attached hydrogens (tertiary/aromatic N) is 2. The molecule has 1 heterocycles. The van der Waals surface area contributed by atoms with Crippen LogP contribution in [0, 0.1) is 12.7 Å². The van der Waals surface area contributed by atoms with E-state index in [1.54, 1.807) is 13.0 Å². The van der Waals surface area contributed by atoms with Gasteiger partial charge >= 0.3 is 0 Å². The fraction of sp³-hybridized carbons (Fsp3) is 0.111. The summed E-state index contributed by atoms with van der Waals surface area (Å²) in [5.41, 5.74) is 5.42. The summed E-state index contributed by atoms with van der Waals surface area (Å²) in [7, 11) is 0. The highest BCUT2D eigenvalue weighted by molar-refractivity contribution is 7.07. The summed E-state index contributed by atoms with van der Waals surface area (Å²) in [4.78, 5) is 3.99. The monoisotopic (exact) mass is 225 g/mol. The fourth-order valence-corrected chi connectivity index (χ4v) is 1.55. The number of halogens is 1. The molecule has 0 spiro atoms. The number of benzene rings is 1. The van der Waals surface area contributed by atoms with E-state index in [1.165, 1.54) is 12.1 Å². The van der Waals surface area contributed by atoms with Crippen LogP contribution in [-0.4, -0.2) is 9.36 Å². The standard InChI is InChI=1S/C9H8FN3OS/c1-5-12-9(15-13-5)14-6-2-3-8(11)7(10)4-6/h2-4H,11H2,1H3. The van der Waals surface area contributed by atoms with E-state index in [1.807, 2.05) is 0 Å². The van der Waals surface area contributed by atoms with E-state index in [2.05, 4.69) is 9.36 Å². The van der Waals surface area contributed by atoms with Crippen molar-refractivity contribution in [1.29, 1.82) is 0 Å². The van der Waals surface area contributed by atoms with Crippen molar-refractivity contribution in [2.24, 2.45) is 0 Å². The Bertz CT molecular complexity index is 486. The Morgan fingerprint density at radius 1 is 1.47 bits per heavy atom. The van der Waals surface area contributed by atoms with Gasteiger partial charge in [-0.25, -0.2) is 4.39 Å². The van der Waals surface area contributed by atoms with Crippen LogP contribution in [-0.2, 0) is 0 Å². The number of anilines is 1. The SMILES string of the molecule is Cc1nsc(Oc2ccc(N)c(F)c2)n1. The van der Waals surface area contributed by atoms with Gasteiger partial charge in [-0.1, -0.05) is 0 Å². The second-order valence-corrected chi connectivity index (χ2v) is 3.61. The first kappa shape index (κ1) is 9.85. The van der Waals surface area contributed by atoms with Crippen molar-refractivity contribution in [3.63, 3.8) is 0 Å². The van der Waals surface area contributed by atoms with Gasteiger partial charge in [0.15, 0.2) is 0 Å². The second-order valence-electron chi connectivity index (χ2n) is 2.89. The van der Waals surface area contributed by atoms with Gasteiger partial charge in [0.2, 0.25) is 0 Å². The Kier molecular flexibility index (Phi) is 2.51. The molecule has 1 aromatic carbocycles. The number of ether oxygens (including phenoxy) is 1. The Labute approximate surface area is 89.7 Å². The molecule has 0 atom stereocenters. The van der Waals surface area contributed by atoms with Crippen LogP contribution < -0.4 is 10.5 Å². The van der Waals surface area contributed by atoms with Gasteiger partial charge < -0.3 is 10.5 Å². The molecule has 4 nitrogen and oxygen atoms in total. The van der Waals surface area contributed by atoms with Crippen LogP contribution in [0.5, 0.6) is 10.9 Å². The van der Waals surface area contributed by atoms with Gasteiger partial charge in [-0.15, -0.1) is 0 Å². The van der Waals surface area contributed by atoms with Crippen molar-refractivity contribution in [2.45, 2.75) is 6.92 Å². The van der Waals surface area contributed by atoms with Gasteiger partial charge in [0.25, 0.3) is 5.19 Å². The first-order valence-electron chi connectivity index (χ1n) is 4.18. The Hall–Kier alpha value is -1.69. The average Bonchev–Trinajstić information content (AvgIpc) is 2.58. The van der Waals surface area contributed by atoms with E-state index in [9.17, 15) is 4.39 Å². The molecule has 0 amide bonds. The van der Waals surface area contributed by atoms with E-state index in [-0.39, 0.29) is 5.69 Å². The molecule has 1 aromatic heterocycles. The van der Waals surface area contributed by atoms with E-state index >= 15 is 0 Å². The molecule has 78 valence electrons. The summed E-state index contributed by atoms with van der Waals surface area (Å²) in [6, 6.07) is 4.24. The quantitative estimate of drug-likeness (QED) is 0.797. The number of aryl methyl sites for hydroxylation is 1. The number of hydrogen-bond acceptors (Lipinski definition) is 5. The zero-order valence-electron chi connectivity index (χ0n) is 7.90. The molecule has 0 fully saturated rings. The van der Waals surface area contributed by atoms with E-state index in [0.29, 0.717) is 16.8 Å². The van der Waals surface area contributed by atoms with Crippen LogP contribution in [0.25, 0.3) is 0 Å². The van der Waals surface area contributed by atoms with Crippen LogP contribution in [0.3, 0.4) is 0 Å². The highest BCUT2D eigenvalue weighted by atomic mass is 32.1. The first-order chi connectivity index (χ1) is 7.15. The largest absolute Gasteiger partial charge is 0.430 e. The fourth-order valence-electron chi connectivity index (χ4n) is 0.992. The lowest BCUT2D eigenvalue weighted by molar-refractivity contribution is 0.472. The third-order valence-corrected chi connectivity index (χ3v) is 2.37. The minimum atomic E-state index is -0.506. The van der Waals surface area contributed by atoms with Crippen molar-refractivity contribution in [2.75, 3.05) is 5.73 Å². The van der Waals surface area contributed by atoms with E-state index in [0.717, 1.165) is 11.5 Å². The molecule has 0 radical (unpaired) electrons. The predicted octanol–water partition coefficient (Wildman–Crippen LogP) is 2.36. The molecule has 2 aromatic rings. The lowest BCUT2D eigenvalue weighted by atomic mass is 10.3. The minimum Gasteiger partial charge on any atom is -0.430 e. The van der Waals surface area contributed by atoms with Gasteiger partial charge in [-0.05, 0) is 19.1 Å². The highest BCUT2D eigenvalue weighted by Crippen LogP contribution is 2.25. The number of rotatable bonds is 2. The Morgan fingerprint density at radius 2 is 2.27 bits per heavy atom. The average molecular weight is 225 g/mol. The third-order valence-electron chi connectivity index (χ3n) is 1.69. The van der Waals surface area contributed by atoms with Gasteiger partial charge in [-0.2, -0.15) is 9.36 Å². The lowest BCUT2D eigenvalue weighted by Crippen LogP contribution is -1.91. The maximum Gasteiger partial charge on any atom is 0.298 e. The van der Waals surface area contributed by atoms with Crippen molar-refractivity contribution in [1.82, 2.24) is 9.36 Å². The first-order valence-corrected chi connectivity index (χ1v) is 4.95. The zero-order valence-corrected chi connectivity index (χ0v) is 8.71. The summed E-state index contributed by atoms with van der Waals surface area (Å²) in [5, 5.41) is 0.386. The summed E-state index contributed by atoms with van der Waals surface area (Å²) in [6.07, 6.45) is 0. The summed E-state index contributed by atoms with van der Waals surface area (Å²) >= 11 is 1.12. The summed E-state index contributed by atoms with van der Waals surface area (Å²) in [5.74, 6) is 0.484. The highest BCUT2D eigenvalue weighted by Gasteiger charge is 2.05. The van der Waals surface area contributed by atoms with Crippen molar-refractivity contribution >= 4 is 17.2 Å². The molecule has 0 aliphatic heterocycles. The Balaban J connectivity index is 2.21. The van der Waals surface area contributed by atoms with Crippen LogP contribution in [0.2, 0.25) is 0 Å². The normalized spacial score (nSPS) is 10.3. The van der Waals surface area contributed by atoms with E-state index < -0.39 is 5.82 Å². The molecule has 0 bridgehead atoms. The number of nitrogen functional groups attached to an aromatic ring is 1. The van der Waals surface area contributed by atoms with Gasteiger partial charge in [0.1, 0.15) is 17.4 Å². The third kappa shape index (κ3) is 2.21. The van der Waals surface area contributed by atoms with Gasteiger partial charge in [0, 0.05) is 17.6 Å². The molecule has 2 N–H and O–H groups in total. The van der Waals surface area contributed by atoms with Crippen molar-refractivity contribution in [3.05, 3.63) is 29.8 Å². The smallest absolute Gasteiger partial charge is 0.298 e. The molecular formula is C9H8FN3OS. The lowest BCUT2D eigenvalue weighted by Gasteiger charge is -2.01. The zero-order chi connectivity index (χ0) is 10.8. The van der Waals surface area contributed by atoms with E-state index in [4.69, 9.17) is 10.5 Å². The molecule has 6 heteroatoms. The van der Waals surface area contributed by atoms with Gasteiger partial charge in [-0.3, -0.25) is 0 Å². The van der Waals surface area contributed by atoms with Crippen LogP contribution in [0.1, 0.15) is 5.82 Å². The molecule has 0 saturated carbocycles. The van der Waals surface area contributed by atoms with Gasteiger partial charge in [0.05, 0.1) is 5.69 Å². The topological polar surface area (TPSA) is 61.0 Å². The summed E-state index contributed by atoms with van der Waals surface area (Å²) < 4.78 is 22.3. The molecule has 0 aliphatic rings. The maximum absolute atomic E-state index is 13.0.